The van der Waals surface area contributed by atoms with E-state index >= 15 is 0 Å². The topological polar surface area (TPSA) is 41.1 Å². The molecule has 1 aromatic carbocycles. The lowest BCUT2D eigenvalue weighted by atomic mass is 10.1. The third kappa shape index (κ3) is 1.63. The largest absolute Gasteiger partial charge is 0.328 e. The van der Waals surface area contributed by atoms with Gasteiger partial charge in [0.25, 0.3) is 0 Å². The Morgan fingerprint density at radius 2 is 2.33 bits per heavy atom. The van der Waals surface area contributed by atoms with Gasteiger partial charge in [-0.1, -0.05) is 18.2 Å². The average Bonchev–Trinajstić information content (AvgIpc) is 2.99. The lowest BCUT2D eigenvalue weighted by molar-refractivity contribution is 0.833. The van der Waals surface area contributed by atoms with Crippen molar-refractivity contribution < 1.29 is 0 Å². The number of aromatic nitrogens is 1. The second-order valence-electron chi connectivity index (χ2n) is 4.51. The van der Waals surface area contributed by atoms with Gasteiger partial charge in [0.15, 0.2) is 0 Å². The summed E-state index contributed by atoms with van der Waals surface area (Å²) in [6, 6.07) is 10.4. The maximum absolute atomic E-state index is 9.26. The van der Waals surface area contributed by atoms with Crippen LogP contribution in [0.5, 0.6) is 0 Å². The lowest BCUT2D eigenvalue weighted by Gasteiger charge is -2.06. The minimum Gasteiger partial charge on any atom is -0.328 e. The zero-order valence-corrected chi connectivity index (χ0v) is 10.2. The van der Waals surface area contributed by atoms with Crippen LogP contribution in [-0.2, 0) is 6.54 Å². The number of aliphatic imine (C=N–C) groups is 1. The van der Waals surface area contributed by atoms with Crippen molar-refractivity contribution in [3.8, 4) is 6.07 Å². The third-order valence-corrected chi connectivity index (χ3v) is 3.33. The van der Waals surface area contributed by atoms with Gasteiger partial charge in [0.2, 0.25) is 0 Å². The fraction of sp³-hybridized carbons (Fsp3) is 0.200. The van der Waals surface area contributed by atoms with E-state index in [0.717, 1.165) is 24.0 Å². The quantitative estimate of drug-likeness (QED) is 0.789. The molecular formula is C15H13N3. The minimum absolute atomic E-state index is 0.709. The lowest BCUT2D eigenvalue weighted by Crippen LogP contribution is -2.03. The molecule has 0 radical (unpaired) electrons. The summed E-state index contributed by atoms with van der Waals surface area (Å²) in [6.07, 6.45) is 3.99. The highest BCUT2D eigenvalue weighted by molar-refractivity contribution is 5.86. The number of nitriles is 1. The van der Waals surface area contributed by atoms with Crippen LogP contribution in [0, 0.1) is 18.3 Å². The average molecular weight is 235 g/mol. The molecule has 0 unspecified atom stereocenters. The van der Waals surface area contributed by atoms with Crippen LogP contribution >= 0.6 is 0 Å². The highest BCUT2D eigenvalue weighted by atomic mass is 15.0. The number of aryl methyl sites for hydroxylation is 1. The zero-order valence-electron chi connectivity index (χ0n) is 10.2. The molecule has 18 heavy (non-hydrogen) atoms. The van der Waals surface area contributed by atoms with Crippen LogP contribution < -0.4 is 0 Å². The molecule has 3 rings (SSSR count). The van der Waals surface area contributed by atoms with E-state index in [1.54, 1.807) is 0 Å². The first-order valence-electron chi connectivity index (χ1n) is 5.97. The molecule has 3 heteroatoms. The van der Waals surface area contributed by atoms with Gasteiger partial charge in [-0.3, -0.25) is 4.99 Å². The van der Waals surface area contributed by atoms with E-state index in [2.05, 4.69) is 40.8 Å². The molecule has 0 atom stereocenters. The highest BCUT2D eigenvalue weighted by Gasteiger charge is 2.11. The van der Waals surface area contributed by atoms with E-state index in [1.165, 1.54) is 11.1 Å². The molecule has 0 bridgehead atoms. The van der Waals surface area contributed by atoms with Crippen LogP contribution in [-0.4, -0.2) is 17.3 Å². The summed E-state index contributed by atoms with van der Waals surface area (Å²) in [6.45, 7) is 3.55. The normalized spacial score (nSPS) is 13.9. The molecule has 88 valence electrons. The minimum atomic E-state index is 0.709. The number of rotatable bonds is 2. The van der Waals surface area contributed by atoms with Crippen molar-refractivity contribution in [2.75, 3.05) is 6.54 Å². The Kier molecular flexibility index (Phi) is 2.49. The first kappa shape index (κ1) is 10.8. The first-order chi connectivity index (χ1) is 8.79. The van der Waals surface area contributed by atoms with Gasteiger partial charge in [0.1, 0.15) is 11.8 Å². The fourth-order valence-corrected chi connectivity index (χ4v) is 2.38. The van der Waals surface area contributed by atoms with Crippen molar-refractivity contribution in [2.45, 2.75) is 13.5 Å². The molecule has 0 saturated heterocycles. The number of hydrogen-bond acceptors (Lipinski definition) is 2. The zero-order chi connectivity index (χ0) is 12.5. The number of allylic oxidation sites excluding steroid dienone is 1. The summed E-state index contributed by atoms with van der Waals surface area (Å²) >= 11 is 0. The Balaban J connectivity index is 2.17. The second kappa shape index (κ2) is 4.15. The second-order valence-corrected chi connectivity index (χ2v) is 4.51. The van der Waals surface area contributed by atoms with Gasteiger partial charge in [-0.2, -0.15) is 5.26 Å². The molecular weight excluding hydrogens is 222 g/mol. The maximum atomic E-state index is 9.26. The first-order valence-corrected chi connectivity index (χ1v) is 5.97. The molecule has 1 aliphatic rings. The molecule has 1 aromatic heterocycles. The summed E-state index contributed by atoms with van der Waals surface area (Å²) in [5.74, 6) is 0. The van der Waals surface area contributed by atoms with Crippen molar-refractivity contribution in [3.63, 3.8) is 0 Å². The third-order valence-electron chi connectivity index (χ3n) is 3.33. The van der Waals surface area contributed by atoms with Crippen LogP contribution in [0.3, 0.4) is 0 Å². The van der Waals surface area contributed by atoms with Gasteiger partial charge in [-0.05, 0) is 30.2 Å². The Hall–Kier alpha value is -2.34. The number of nitrogens with zero attached hydrogens (tertiary/aromatic N) is 3. The fourth-order valence-electron chi connectivity index (χ4n) is 2.38. The molecule has 1 aliphatic heterocycles. The van der Waals surface area contributed by atoms with E-state index in [9.17, 15) is 5.26 Å². The molecule has 0 saturated carbocycles. The Labute approximate surface area is 106 Å². The van der Waals surface area contributed by atoms with Crippen molar-refractivity contribution in [1.82, 2.24) is 4.57 Å². The number of hydrogen-bond donors (Lipinski definition) is 0. The Morgan fingerprint density at radius 3 is 3.06 bits per heavy atom. The van der Waals surface area contributed by atoms with Crippen LogP contribution in [0.4, 0.5) is 0 Å². The summed E-state index contributed by atoms with van der Waals surface area (Å²) in [5, 5.41) is 10.4. The molecule has 0 spiro atoms. The van der Waals surface area contributed by atoms with Gasteiger partial charge in [0.05, 0.1) is 13.1 Å². The van der Waals surface area contributed by atoms with Crippen molar-refractivity contribution >= 4 is 17.1 Å². The predicted molar refractivity (Wildman–Crippen MR) is 72.8 cm³/mol. The Bertz CT molecular complexity index is 711. The molecule has 2 aromatic rings. The summed E-state index contributed by atoms with van der Waals surface area (Å²) in [7, 11) is 0. The van der Waals surface area contributed by atoms with Crippen LogP contribution in [0.1, 0.15) is 11.3 Å². The molecule has 0 amide bonds. The van der Waals surface area contributed by atoms with Crippen molar-refractivity contribution in [3.05, 3.63) is 47.2 Å². The Morgan fingerprint density at radius 1 is 1.44 bits per heavy atom. The van der Waals surface area contributed by atoms with Crippen molar-refractivity contribution in [1.29, 1.82) is 5.26 Å². The molecule has 2 heterocycles. The monoisotopic (exact) mass is 235 g/mol. The SMILES string of the molecule is Cc1cccc2c1cc(C#N)n2CC1=CCN=C1. The van der Waals surface area contributed by atoms with E-state index < -0.39 is 0 Å². The highest BCUT2D eigenvalue weighted by Crippen LogP contribution is 2.24. The number of fused-ring (bicyclic) bond motifs is 1. The van der Waals surface area contributed by atoms with E-state index in [-0.39, 0.29) is 0 Å². The summed E-state index contributed by atoms with van der Waals surface area (Å²) in [5.41, 5.74) is 4.20. The molecule has 0 fully saturated rings. The maximum Gasteiger partial charge on any atom is 0.121 e. The smallest absolute Gasteiger partial charge is 0.121 e. The van der Waals surface area contributed by atoms with Crippen LogP contribution in [0.2, 0.25) is 0 Å². The molecule has 0 aliphatic carbocycles. The van der Waals surface area contributed by atoms with Gasteiger partial charge < -0.3 is 4.57 Å². The molecule has 0 N–H and O–H groups in total. The standard InChI is InChI=1S/C15H13N3/c1-11-3-2-4-15-14(11)7-13(8-16)18(15)10-12-5-6-17-9-12/h2-5,7,9H,6,10H2,1H3. The van der Waals surface area contributed by atoms with Gasteiger partial charge in [0, 0.05) is 17.1 Å². The van der Waals surface area contributed by atoms with Crippen LogP contribution in [0.15, 0.2) is 40.9 Å². The summed E-state index contributed by atoms with van der Waals surface area (Å²) < 4.78 is 2.06. The van der Waals surface area contributed by atoms with E-state index in [4.69, 9.17) is 0 Å². The van der Waals surface area contributed by atoms with Crippen molar-refractivity contribution in [2.24, 2.45) is 4.99 Å². The van der Waals surface area contributed by atoms with E-state index in [1.807, 2.05) is 18.3 Å². The van der Waals surface area contributed by atoms with Gasteiger partial charge in [-0.25, -0.2) is 0 Å². The van der Waals surface area contributed by atoms with Gasteiger partial charge >= 0.3 is 0 Å². The number of benzene rings is 1. The van der Waals surface area contributed by atoms with Crippen LogP contribution in [0.25, 0.3) is 10.9 Å². The van der Waals surface area contributed by atoms with E-state index in [0.29, 0.717) is 5.69 Å². The predicted octanol–water partition coefficient (Wildman–Crippen LogP) is 2.83. The van der Waals surface area contributed by atoms with Gasteiger partial charge in [-0.15, -0.1) is 0 Å². The molecule has 3 nitrogen and oxygen atoms in total. The summed E-state index contributed by atoms with van der Waals surface area (Å²) in [4.78, 5) is 4.18.